The molecular weight excluding hydrogens is 394 g/mol. The van der Waals surface area contributed by atoms with Crippen molar-refractivity contribution >= 4 is 23.2 Å². The molecule has 1 aromatic heterocycles. The largest absolute Gasteiger partial charge is 0.322 e. The molecule has 4 aromatic rings. The van der Waals surface area contributed by atoms with E-state index in [4.69, 9.17) is 16.7 Å². The van der Waals surface area contributed by atoms with Gasteiger partial charge in [0.15, 0.2) is 0 Å². The Kier molecular flexibility index (Phi) is 5.68. The molecule has 0 saturated carbocycles. The van der Waals surface area contributed by atoms with E-state index in [2.05, 4.69) is 5.32 Å². The zero-order chi connectivity index (χ0) is 21.1. The van der Waals surface area contributed by atoms with Gasteiger partial charge in [-0.3, -0.25) is 9.48 Å². The number of rotatable bonds is 5. The van der Waals surface area contributed by atoms with Crippen LogP contribution >= 0.6 is 11.6 Å². The van der Waals surface area contributed by atoms with Crippen LogP contribution in [0.25, 0.3) is 11.3 Å². The van der Waals surface area contributed by atoms with Crippen molar-refractivity contribution < 1.29 is 4.79 Å². The average Bonchev–Trinajstić information content (AvgIpc) is 3.16. The molecule has 0 aliphatic heterocycles. The number of halogens is 1. The lowest BCUT2D eigenvalue weighted by molar-refractivity contribution is 0.102. The maximum atomic E-state index is 13.2. The number of hydrogen-bond donors (Lipinski definition) is 1. The van der Waals surface area contributed by atoms with E-state index in [-0.39, 0.29) is 5.91 Å². The summed E-state index contributed by atoms with van der Waals surface area (Å²) in [6.45, 7) is 4.51. The number of benzene rings is 3. The van der Waals surface area contributed by atoms with Crippen LogP contribution in [0.3, 0.4) is 0 Å². The second kappa shape index (κ2) is 8.56. The normalized spacial score (nSPS) is 10.8. The number of carbonyl (C=O) groups is 1. The van der Waals surface area contributed by atoms with Gasteiger partial charge in [0, 0.05) is 22.5 Å². The van der Waals surface area contributed by atoms with Crippen LogP contribution in [-0.2, 0) is 6.54 Å². The summed E-state index contributed by atoms with van der Waals surface area (Å²) in [7, 11) is 0. The Morgan fingerprint density at radius 1 is 0.967 bits per heavy atom. The summed E-state index contributed by atoms with van der Waals surface area (Å²) >= 11 is 6.21. The average molecular weight is 416 g/mol. The highest BCUT2D eigenvalue weighted by Crippen LogP contribution is 2.27. The molecule has 0 aliphatic rings. The van der Waals surface area contributed by atoms with E-state index in [1.807, 2.05) is 91.3 Å². The fourth-order valence-electron chi connectivity index (χ4n) is 3.30. The zero-order valence-electron chi connectivity index (χ0n) is 16.9. The van der Waals surface area contributed by atoms with Gasteiger partial charge in [-0.15, -0.1) is 0 Å². The first kappa shape index (κ1) is 19.9. The second-order valence-corrected chi connectivity index (χ2v) is 7.71. The molecular formula is C25H22ClN3O. The van der Waals surface area contributed by atoms with Crippen molar-refractivity contribution in [3.8, 4) is 11.3 Å². The minimum Gasteiger partial charge on any atom is -0.322 e. The van der Waals surface area contributed by atoms with Crippen LogP contribution in [-0.4, -0.2) is 15.7 Å². The third kappa shape index (κ3) is 4.29. The summed E-state index contributed by atoms with van der Waals surface area (Å²) in [5.41, 5.74) is 5.88. The number of aryl methyl sites for hydroxylation is 1. The summed E-state index contributed by atoms with van der Waals surface area (Å²) in [6.07, 6.45) is 1.80. The Bertz CT molecular complexity index is 1180. The molecule has 1 heterocycles. The molecule has 0 saturated heterocycles. The lowest BCUT2D eigenvalue weighted by Crippen LogP contribution is -2.13. The van der Waals surface area contributed by atoms with Crippen molar-refractivity contribution in [3.63, 3.8) is 0 Å². The van der Waals surface area contributed by atoms with Crippen molar-refractivity contribution in [1.29, 1.82) is 0 Å². The fraction of sp³-hybridized carbons (Fsp3) is 0.120. The van der Waals surface area contributed by atoms with Gasteiger partial charge in [-0.05, 0) is 37.1 Å². The highest BCUT2D eigenvalue weighted by atomic mass is 35.5. The number of carbonyl (C=O) groups excluding carboxylic acids is 1. The number of anilines is 1. The molecule has 30 heavy (non-hydrogen) atoms. The van der Waals surface area contributed by atoms with Gasteiger partial charge in [-0.2, -0.15) is 5.10 Å². The van der Waals surface area contributed by atoms with Crippen LogP contribution in [0.5, 0.6) is 0 Å². The van der Waals surface area contributed by atoms with Crippen LogP contribution in [0.4, 0.5) is 5.69 Å². The van der Waals surface area contributed by atoms with Crippen molar-refractivity contribution in [2.24, 2.45) is 0 Å². The fourth-order valence-corrected chi connectivity index (χ4v) is 3.47. The van der Waals surface area contributed by atoms with Crippen LogP contribution in [0.1, 0.15) is 27.0 Å². The number of nitrogens with zero attached hydrogens (tertiary/aromatic N) is 2. The molecule has 0 spiro atoms. The molecule has 5 heteroatoms. The number of amides is 1. The molecule has 1 amide bonds. The number of aromatic nitrogens is 2. The van der Waals surface area contributed by atoms with E-state index < -0.39 is 0 Å². The topological polar surface area (TPSA) is 46.9 Å². The van der Waals surface area contributed by atoms with Gasteiger partial charge in [0.05, 0.1) is 12.1 Å². The Morgan fingerprint density at radius 2 is 1.70 bits per heavy atom. The smallest absolute Gasteiger partial charge is 0.259 e. The van der Waals surface area contributed by atoms with Gasteiger partial charge >= 0.3 is 0 Å². The molecule has 0 unspecified atom stereocenters. The minimum absolute atomic E-state index is 0.213. The summed E-state index contributed by atoms with van der Waals surface area (Å²) < 4.78 is 1.81. The van der Waals surface area contributed by atoms with Crippen molar-refractivity contribution in [2.75, 3.05) is 5.32 Å². The van der Waals surface area contributed by atoms with Crippen LogP contribution < -0.4 is 5.32 Å². The Balaban J connectivity index is 1.71. The molecule has 0 bridgehead atoms. The van der Waals surface area contributed by atoms with Gasteiger partial charge in [-0.1, -0.05) is 77.8 Å². The van der Waals surface area contributed by atoms with Crippen molar-refractivity contribution in [1.82, 2.24) is 9.78 Å². The van der Waals surface area contributed by atoms with Gasteiger partial charge in [-0.25, -0.2) is 0 Å². The molecule has 4 rings (SSSR count). The molecule has 1 N–H and O–H groups in total. The van der Waals surface area contributed by atoms with E-state index in [0.717, 1.165) is 22.3 Å². The monoisotopic (exact) mass is 415 g/mol. The molecule has 0 aliphatic carbocycles. The third-order valence-electron chi connectivity index (χ3n) is 5.03. The summed E-state index contributed by atoms with van der Waals surface area (Å²) in [4.78, 5) is 13.2. The minimum atomic E-state index is -0.213. The summed E-state index contributed by atoms with van der Waals surface area (Å²) in [5.74, 6) is -0.213. The highest BCUT2D eigenvalue weighted by Gasteiger charge is 2.19. The van der Waals surface area contributed by atoms with Crippen LogP contribution in [0.2, 0.25) is 5.02 Å². The first-order valence-corrected chi connectivity index (χ1v) is 10.1. The molecule has 0 radical (unpaired) electrons. The number of nitrogens with one attached hydrogen (secondary N) is 1. The van der Waals surface area contributed by atoms with Gasteiger partial charge < -0.3 is 5.32 Å². The molecule has 3 aromatic carbocycles. The molecule has 0 atom stereocenters. The molecule has 150 valence electrons. The van der Waals surface area contributed by atoms with Gasteiger partial charge in [0.25, 0.3) is 5.91 Å². The Morgan fingerprint density at radius 3 is 2.43 bits per heavy atom. The van der Waals surface area contributed by atoms with E-state index >= 15 is 0 Å². The van der Waals surface area contributed by atoms with Gasteiger partial charge in [0.1, 0.15) is 5.69 Å². The first-order valence-electron chi connectivity index (χ1n) is 9.76. The standard InChI is InChI=1S/C25H22ClN3O/c1-17-11-13-20(14-12-17)24-21(16-29(28-24)15-19-7-4-3-5-8-19)25(30)27-23-10-6-9-22(26)18(23)2/h3-14,16H,15H2,1-2H3,(H,27,30). The quantitative estimate of drug-likeness (QED) is 0.426. The van der Waals surface area contributed by atoms with Crippen molar-refractivity contribution in [3.05, 3.63) is 106 Å². The van der Waals surface area contributed by atoms with Gasteiger partial charge in [0.2, 0.25) is 0 Å². The lowest BCUT2D eigenvalue weighted by atomic mass is 10.1. The zero-order valence-corrected chi connectivity index (χ0v) is 17.6. The second-order valence-electron chi connectivity index (χ2n) is 7.31. The lowest BCUT2D eigenvalue weighted by Gasteiger charge is -2.09. The number of hydrogen-bond acceptors (Lipinski definition) is 2. The molecule has 0 fully saturated rings. The highest BCUT2D eigenvalue weighted by molar-refractivity contribution is 6.31. The Labute approximate surface area is 181 Å². The maximum Gasteiger partial charge on any atom is 0.259 e. The van der Waals surface area contributed by atoms with E-state index in [9.17, 15) is 4.79 Å². The van der Waals surface area contributed by atoms with E-state index in [1.54, 1.807) is 6.20 Å². The Hall–Kier alpha value is -3.37. The van der Waals surface area contributed by atoms with Crippen LogP contribution in [0.15, 0.2) is 79.0 Å². The maximum absolute atomic E-state index is 13.2. The van der Waals surface area contributed by atoms with E-state index in [0.29, 0.717) is 28.5 Å². The summed E-state index contributed by atoms with van der Waals surface area (Å²) in [6, 6.07) is 23.6. The summed E-state index contributed by atoms with van der Waals surface area (Å²) in [5, 5.41) is 8.34. The van der Waals surface area contributed by atoms with Crippen LogP contribution in [0, 0.1) is 13.8 Å². The van der Waals surface area contributed by atoms with Crippen molar-refractivity contribution in [2.45, 2.75) is 20.4 Å². The molecule has 4 nitrogen and oxygen atoms in total. The predicted octanol–water partition coefficient (Wildman–Crippen LogP) is 6.12. The SMILES string of the molecule is Cc1ccc(-c2nn(Cc3ccccc3)cc2C(=O)Nc2cccc(Cl)c2C)cc1. The van der Waals surface area contributed by atoms with E-state index in [1.165, 1.54) is 0 Å². The third-order valence-corrected chi connectivity index (χ3v) is 5.44. The predicted molar refractivity (Wildman–Crippen MR) is 122 cm³/mol. The first-order chi connectivity index (χ1) is 14.5.